The van der Waals surface area contributed by atoms with Crippen LogP contribution in [0.3, 0.4) is 0 Å². The average molecular weight is 332 g/mol. The number of alkyl halides is 1. The van der Waals surface area contributed by atoms with Gasteiger partial charge < -0.3 is 10.8 Å². The van der Waals surface area contributed by atoms with Crippen molar-refractivity contribution in [1.29, 1.82) is 0 Å². The molecule has 1 aromatic rings. The highest BCUT2D eigenvalue weighted by molar-refractivity contribution is 6.42. The molecule has 0 aromatic heterocycles. The SMILES string of the molecule is Cc1c(O)cc(Cl)c(Cl)c1[C@@H](N)C12CCC(F)(CC1)CC2. The molecule has 1 aromatic carbocycles. The second kappa shape index (κ2) is 5.00. The second-order valence-electron chi connectivity index (χ2n) is 6.72. The zero-order chi connectivity index (χ0) is 15.4. The molecule has 0 radical (unpaired) electrons. The minimum absolute atomic E-state index is 0.109. The standard InChI is InChI=1S/C16H20Cl2FNO/c1-9-11(21)8-10(17)13(18)12(9)14(20)15-2-5-16(19,6-3-15)7-4-15/h8,14,21H,2-7,20H2,1H3/t14-,15?,16?/m1/s1. The van der Waals surface area contributed by atoms with E-state index in [0.29, 0.717) is 34.9 Å². The molecule has 2 bridgehead atoms. The number of benzene rings is 1. The fourth-order valence-corrected chi connectivity index (χ4v) is 4.55. The lowest BCUT2D eigenvalue weighted by Gasteiger charge is -2.52. The summed E-state index contributed by atoms with van der Waals surface area (Å²) in [6, 6.07) is 1.13. The number of phenolic OH excluding ortho intramolecular Hbond substituents is 1. The predicted molar refractivity (Wildman–Crippen MR) is 83.8 cm³/mol. The smallest absolute Gasteiger partial charge is 0.120 e. The van der Waals surface area contributed by atoms with E-state index in [1.165, 1.54) is 6.07 Å². The topological polar surface area (TPSA) is 46.2 Å². The summed E-state index contributed by atoms with van der Waals surface area (Å²) < 4.78 is 14.3. The molecule has 2 nitrogen and oxygen atoms in total. The van der Waals surface area contributed by atoms with E-state index in [9.17, 15) is 9.50 Å². The molecule has 3 N–H and O–H groups in total. The Hall–Kier alpha value is -0.510. The molecule has 1 atom stereocenters. The number of hydrogen-bond acceptors (Lipinski definition) is 2. The predicted octanol–water partition coefficient (Wildman–Crippen LogP) is 5.07. The van der Waals surface area contributed by atoms with E-state index in [1.54, 1.807) is 6.92 Å². The van der Waals surface area contributed by atoms with Crippen molar-refractivity contribution in [2.45, 2.75) is 57.2 Å². The molecule has 116 valence electrons. The van der Waals surface area contributed by atoms with Crippen molar-refractivity contribution in [2.75, 3.05) is 0 Å². The molecule has 3 aliphatic carbocycles. The molecule has 0 aliphatic heterocycles. The van der Waals surface area contributed by atoms with E-state index in [0.717, 1.165) is 24.8 Å². The number of phenols is 1. The van der Waals surface area contributed by atoms with Crippen LogP contribution in [0.5, 0.6) is 5.75 Å². The highest BCUT2D eigenvalue weighted by Gasteiger charge is 2.52. The normalized spacial score (nSPS) is 33.2. The Bertz CT molecular complexity index is 539. The molecule has 0 saturated heterocycles. The highest BCUT2D eigenvalue weighted by atomic mass is 35.5. The van der Waals surface area contributed by atoms with Crippen molar-refractivity contribution >= 4 is 23.2 Å². The Balaban J connectivity index is 2.02. The van der Waals surface area contributed by atoms with Crippen LogP contribution in [0.1, 0.15) is 55.7 Å². The quantitative estimate of drug-likeness (QED) is 0.794. The van der Waals surface area contributed by atoms with Gasteiger partial charge in [-0.2, -0.15) is 0 Å². The van der Waals surface area contributed by atoms with E-state index >= 15 is 0 Å². The summed E-state index contributed by atoms with van der Waals surface area (Å²) in [5.41, 5.74) is 6.82. The van der Waals surface area contributed by atoms with Crippen LogP contribution < -0.4 is 5.73 Å². The Morgan fingerprint density at radius 1 is 1.19 bits per heavy atom. The molecule has 0 spiro atoms. The molecule has 3 saturated carbocycles. The van der Waals surface area contributed by atoms with Gasteiger partial charge in [0.15, 0.2) is 0 Å². The van der Waals surface area contributed by atoms with Gasteiger partial charge in [-0.15, -0.1) is 0 Å². The van der Waals surface area contributed by atoms with E-state index < -0.39 is 5.67 Å². The summed E-state index contributed by atoms with van der Waals surface area (Å²) in [6.45, 7) is 1.80. The van der Waals surface area contributed by atoms with Gasteiger partial charge in [-0.05, 0) is 62.0 Å². The van der Waals surface area contributed by atoms with Crippen molar-refractivity contribution in [3.05, 3.63) is 27.2 Å². The van der Waals surface area contributed by atoms with Gasteiger partial charge >= 0.3 is 0 Å². The molecule has 0 heterocycles. The lowest BCUT2D eigenvalue weighted by molar-refractivity contribution is -0.0478. The van der Waals surface area contributed by atoms with Gasteiger partial charge in [0.25, 0.3) is 0 Å². The number of hydrogen-bond donors (Lipinski definition) is 2. The lowest BCUT2D eigenvalue weighted by Crippen LogP contribution is -2.48. The Kier molecular flexibility index (Phi) is 3.67. The third-order valence-corrected chi connectivity index (χ3v) is 6.48. The van der Waals surface area contributed by atoms with Crippen LogP contribution >= 0.6 is 23.2 Å². The Morgan fingerprint density at radius 2 is 1.71 bits per heavy atom. The summed E-state index contributed by atoms with van der Waals surface area (Å²) in [6.07, 6.45) is 4.03. The summed E-state index contributed by atoms with van der Waals surface area (Å²) in [4.78, 5) is 0. The van der Waals surface area contributed by atoms with E-state index in [-0.39, 0.29) is 17.2 Å². The van der Waals surface area contributed by atoms with Crippen molar-refractivity contribution in [3.63, 3.8) is 0 Å². The van der Waals surface area contributed by atoms with Gasteiger partial charge in [0.2, 0.25) is 0 Å². The molecule has 0 amide bonds. The Morgan fingerprint density at radius 3 is 2.24 bits per heavy atom. The van der Waals surface area contributed by atoms with Crippen LogP contribution in [-0.2, 0) is 0 Å². The van der Waals surface area contributed by atoms with Gasteiger partial charge in [0.1, 0.15) is 11.4 Å². The fourth-order valence-electron chi connectivity index (χ4n) is 4.03. The maximum atomic E-state index is 14.3. The van der Waals surface area contributed by atoms with Crippen molar-refractivity contribution in [2.24, 2.45) is 11.1 Å². The molecule has 0 unspecified atom stereocenters. The van der Waals surface area contributed by atoms with Gasteiger partial charge in [-0.3, -0.25) is 0 Å². The first-order valence-corrected chi connectivity index (χ1v) is 8.16. The van der Waals surface area contributed by atoms with Crippen LogP contribution in [0.15, 0.2) is 6.07 Å². The van der Waals surface area contributed by atoms with Crippen molar-refractivity contribution in [1.82, 2.24) is 0 Å². The van der Waals surface area contributed by atoms with Gasteiger partial charge in [-0.25, -0.2) is 4.39 Å². The zero-order valence-electron chi connectivity index (χ0n) is 12.1. The van der Waals surface area contributed by atoms with Crippen LogP contribution in [0.2, 0.25) is 10.0 Å². The first-order valence-electron chi connectivity index (χ1n) is 7.40. The first-order chi connectivity index (χ1) is 9.78. The number of halogens is 3. The van der Waals surface area contributed by atoms with Crippen LogP contribution in [0.25, 0.3) is 0 Å². The average Bonchev–Trinajstić information content (AvgIpc) is 2.46. The van der Waals surface area contributed by atoms with Crippen LogP contribution in [0, 0.1) is 12.3 Å². The lowest BCUT2D eigenvalue weighted by atomic mass is 9.55. The summed E-state index contributed by atoms with van der Waals surface area (Å²) in [7, 11) is 0. The van der Waals surface area contributed by atoms with Gasteiger partial charge in [0, 0.05) is 12.1 Å². The molecule has 4 rings (SSSR count). The van der Waals surface area contributed by atoms with Crippen molar-refractivity contribution in [3.8, 4) is 5.75 Å². The second-order valence-corrected chi connectivity index (χ2v) is 7.51. The van der Waals surface area contributed by atoms with Gasteiger partial charge in [-0.1, -0.05) is 23.2 Å². The third-order valence-electron chi connectivity index (χ3n) is 5.68. The summed E-state index contributed by atoms with van der Waals surface area (Å²) >= 11 is 12.4. The molecule has 3 aliphatic rings. The van der Waals surface area contributed by atoms with E-state index in [2.05, 4.69) is 0 Å². The largest absolute Gasteiger partial charge is 0.508 e. The molecule has 3 fully saturated rings. The van der Waals surface area contributed by atoms with E-state index in [1.807, 2.05) is 0 Å². The highest BCUT2D eigenvalue weighted by Crippen LogP contribution is 2.59. The summed E-state index contributed by atoms with van der Waals surface area (Å²) in [5, 5.41) is 10.7. The third kappa shape index (κ3) is 2.34. The number of aromatic hydroxyl groups is 1. The van der Waals surface area contributed by atoms with E-state index in [4.69, 9.17) is 28.9 Å². The minimum atomic E-state index is -0.989. The number of rotatable bonds is 2. The maximum absolute atomic E-state index is 14.3. The monoisotopic (exact) mass is 331 g/mol. The molecular weight excluding hydrogens is 312 g/mol. The zero-order valence-corrected chi connectivity index (χ0v) is 13.6. The summed E-state index contributed by atoms with van der Waals surface area (Å²) in [5.74, 6) is 0.109. The molecular formula is C16H20Cl2FNO. The Labute approximate surface area is 134 Å². The number of fused-ring (bicyclic) bond motifs is 3. The minimum Gasteiger partial charge on any atom is -0.508 e. The van der Waals surface area contributed by atoms with Crippen LogP contribution in [0.4, 0.5) is 4.39 Å². The molecule has 5 heteroatoms. The fraction of sp³-hybridized carbons (Fsp3) is 0.625. The molecule has 21 heavy (non-hydrogen) atoms. The van der Waals surface area contributed by atoms with Gasteiger partial charge in [0.05, 0.1) is 10.0 Å². The van der Waals surface area contributed by atoms with Crippen molar-refractivity contribution < 1.29 is 9.50 Å². The maximum Gasteiger partial charge on any atom is 0.120 e. The first kappa shape index (κ1) is 15.4. The number of nitrogens with two attached hydrogens (primary N) is 1. The van der Waals surface area contributed by atoms with Crippen LogP contribution in [-0.4, -0.2) is 10.8 Å².